The Morgan fingerprint density at radius 2 is 1.57 bits per heavy atom. The molecular weight excluding hydrogens is 645 g/mol. The molecule has 2 amide bonds. The van der Waals surface area contributed by atoms with Crippen LogP contribution in [0.25, 0.3) is 0 Å². The molecule has 0 aromatic heterocycles. The Morgan fingerprint density at radius 1 is 0.891 bits per heavy atom. The van der Waals surface area contributed by atoms with Gasteiger partial charge in [-0.15, -0.1) is 0 Å². The molecule has 1 N–H and O–H groups in total. The van der Waals surface area contributed by atoms with Crippen LogP contribution in [0.2, 0.25) is 10.0 Å². The van der Waals surface area contributed by atoms with Crippen LogP contribution in [0, 0.1) is 0 Å². The minimum Gasteiger partial charge on any atom is -0.497 e. The topological polar surface area (TPSA) is 96.0 Å². The van der Waals surface area contributed by atoms with Gasteiger partial charge in [-0.25, -0.2) is 8.42 Å². The van der Waals surface area contributed by atoms with Crippen LogP contribution in [0.4, 0.5) is 5.69 Å². The summed E-state index contributed by atoms with van der Waals surface area (Å²) in [5.41, 5.74) is 1.60. The molecule has 11 heteroatoms. The van der Waals surface area contributed by atoms with Gasteiger partial charge in [0.25, 0.3) is 10.0 Å². The number of hydrogen-bond donors (Lipinski definition) is 1. The van der Waals surface area contributed by atoms with Gasteiger partial charge in [-0.1, -0.05) is 90.8 Å². The Labute approximate surface area is 280 Å². The van der Waals surface area contributed by atoms with Crippen molar-refractivity contribution < 1.29 is 22.7 Å². The molecule has 4 aromatic rings. The lowest BCUT2D eigenvalue weighted by molar-refractivity contribution is -0.140. The van der Waals surface area contributed by atoms with E-state index in [-0.39, 0.29) is 35.5 Å². The summed E-state index contributed by atoms with van der Waals surface area (Å²) in [6.45, 7) is 3.17. The first kappa shape index (κ1) is 34.8. The van der Waals surface area contributed by atoms with Gasteiger partial charge in [0.15, 0.2) is 0 Å². The molecule has 242 valence electrons. The number of rotatable bonds is 14. The van der Waals surface area contributed by atoms with Crippen molar-refractivity contribution in [1.82, 2.24) is 10.2 Å². The van der Waals surface area contributed by atoms with Gasteiger partial charge < -0.3 is 15.0 Å². The first-order chi connectivity index (χ1) is 22.0. The van der Waals surface area contributed by atoms with Crippen LogP contribution >= 0.6 is 23.2 Å². The highest BCUT2D eigenvalue weighted by molar-refractivity contribution is 7.92. The third-order valence-corrected chi connectivity index (χ3v) is 9.95. The fourth-order valence-corrected chi connectivity index (χ4v) is 6.74. The van der Waals surface area contributed by atoms with Crippen molar-refractivity contribution in [2.45, 2.75) is 50.2 Å². The van der Waals surface area contributed by atoms with E-state index in [1.807, 2.05) is 44.2 Å². The van der Waals surface area contributed by atoms with Gasteiger partial charge in [-0.3, -0.25) is 13.9 Å². The molecule has 0 aliphatic heterocycles. The van der Waals surface area contributed by atoms with Gasteiger partial charge in [0, 0.05) is 35.1 Å². The monoisotopic (exact) mass is 681 g/mol. The molecule has 0 aliphatic carbocycles. The fraction of sp³-hybridized carbons (Fsp3) is 0.257. The lowest BCUT2D eigenvalue weighted by atomic mass is 10.0. The molecule has 0 spiro atoms. The molecule has 8 nitrogen and oxygen atoms in total. The van der Waals surface area contributed by atoms with Crippen LogP contribution < -0.4 is 14.4 Å². The summed E-state index contributed by atoms with van der Waals surface area (Å²) in [6.07, 6.45) is 0.865. The van der Waals surface area contributed by atoms with Crippen LogP contribution in [0.1, 0.15) is 31.4 Å². The number of halogens is 2. The predicted molar refractivity (Wildman–Crippen MR) is 183 cm³/mol. The zero-order chi connectivity index (χ0) is 33.3. The average molecular weight is 683 g/mol. The number of benzene rings is 4. The third kappa shape index (κ3) is 8.81. The summed E-state index contributed by atoms with van der Waals surface area (Å²) in [5, 5.41) is 3.75. The molecule has 2 atom stereocenters. The van der Waals surface area contributed by atoms with Crippen LogP contribution in [-0.4, -0.2) is 50.9 Å². The van der Waals surface area contributed by atoms with Gasteiger partial charge in [0.05, 0.1) is 17.7 Å². The van der Waals surface area contributed by atoms with Crippen LogP contribution in [-0.2, 0) is 32.6 Å². The predicted octanol–water partition coefficient (Wildman–Crippen LogP) is 6.75. The van der Waals surface area contributed by atoms with Crippen molar-refractivity contribution in [3.63, 3.8) is 0 Å². The number of anilines is 1. The number of nitrogens with one attached hydrogen (secondary N) is 1. The number of amides is 2. The van der Waals surface area contributed by atoms with Gasteiger partial charge in [0.2, 0.25) is 11.8 Å². The number of ether oxygens (including phenoxy) is 1. The lowest BCUT2D eigenvalue weighted by Gasteiger charge is -2.34. The molecule has 0 fully saturated rings. The van der Waals surface area contributed by atoms with E-state index in [1.165, 1.54) is 24.1 Å². The maximum atomic E-state index is 14.6. The lowest BCUT2D eigenvalue weighted by Crippen LogP contribution is -2.54. The largest absolute Gasteiger partial charge is 0.497 e. The molecule has 4 rings (SSSR count). The molecule has 0 saturated heterocycles. The van der Waals surface area contributed by atoms with Crippen molar-refractivity contribution in [2.75, 3.05) is 18.0 Å². The molecule has 0 saturated carbocycles. The molecule has 0 aliphatic rings. The highest BCUT2D eigenvalue weighted by atomic mass is 35.5. The number of sulfonamides is 1. The maximum absolute atomic E-state index is 14.6. The van der Waals surface area contributed by atoms with Crippen LogP contribution in [0.5, 0.6) is 5.75 Å². The Kier molecular flexibility index (Phi) is 12.1. The maximum Gasteiger partial charge on any atom is 0.264 e. The Bertz CT molecular complexity index is 1740. The quantitative estimate of drug-likeness (QED) is 0.159. The highest BCUT2D eigenvalue weighted by Gasteiger charge is 2.35. The number of carbonyl (C=O) groups is 2. The molecule has 4 aromatic carbocycles. The first-order valence-electron chi connectivity index (χ1n) is 14.8. The molecule has 0 radical (unpaired) electrons. The van der Waals surface area contributed by atoms with Gasteiger partial charge in [-0.05, 0) is 60.9 Å². The SMILES string of the molecule is CCC(C)NC(=O)C(Cc1ccccc1)N(Cc1ccc(Cl)cc1Cl)C(=O)CN(c1cccc(OC)c1)S(=O)(=O)c1ccccc1. The van der Waals surface area contributed by atoms with Crippen molar-refractivity contribution in [1.29, 1.82) is 0 Å². The van der Waals surface area contributed by atoms with Crippen molar-refractivity contribution in [3.05, 3.63) is 124 Å². The van der Waals surface area contributed by atoms with Crippen molar-refractivity contribution >= 4 is 50.7 Å². The van der Waals surface area contributed by atoms with E-state index < -0.39 is 28.5 Å². The van der Waals surface area contributed by atoms with Gasteiger partial charge >= 0.3 is 0 Å². The molecule has 0 heterocycles. The molecular formula is C35H37Cl2N3O5S. The minimum atomic E-state index is -4.24. The minimum absolute atomic E-state index is 0.00765. The fourth-order valence-electron chi connectivity index (χ4n) is 4.84. The summed E-state index contributed by atoms with van der Waals surface area (Å²) in [4.78, 5) is 29.9. The second kappa shape index (κ2) is 16.0. The van der Waals surface area contributed by atoms with E-state index >= 15 is 0 Å². The van der Waals surface area contributed by atoms with Crippen molar-refractivity contribution in [3.8, 4) is 5.75 Å². The second-order valence-electron chi connectivity index (χ2n) is 10.8. The third-order valence-electron chi connectivity index (χ3n) is 7.58. The summed E-state index contributed by atoms with van der Waals surface area (Å²) in [7, 11) is -2.76. The Balaban J connectivity index is 1.83. The van der Waals surface area contributed by atoms with Gasteiger partial charge in [-0.2, -0.15) is 0 Å². The first-order valence-corrected chi connectivity index (χ1v) is 17.0. The molecule has 0 bridgehead atoms. The number of carbonyl (C=O) groups excluding carboxylic acids is 2. The standard InChI is InChI=1S/C35H37Cl2N3O5S/c1-4-25(2)38-35(42)33(20-26-12-7-5-8-13-26)39(23-27-18-19-28(36)21-32(27)37)34(41)24-40(29-14-11-15-30(22-29)45-3)46(43,44)31-16-9-6-10-17-31/h5-19,21-22,25,33H,4,20,23-24H2,1-3H3,(H,38,42). The average Bonchev–Trinajstić information content (AvgIpc) is 3.06. The van der Waals surface area contributed by atoms with Gasteiger partial charge in [0.1, 0.15) is 18.3 Å². The summed E-state index contributed by atoms with van der Waals surface area (Å²) in [6, 6.07) is 27.4. The Morgan fingerprint density at radius 3 is 2.20 bits per heavy atom. The number of nitrogens with zero attached hydrogens (tertiary/aromatic N) is 2. The summed E-state index contributed by atoms with van der Waals surface area (Å²) in [5.74, 6) is -0.554. The van der Waals surface area contributed by atoms with E-state index in [1.54, 1.807) is 60.7 Å². The smallest absolute Gasteiger partial charge is 0.264 e. The van der Waals surface area contributed by atoms with E-state index in [9.17, 15) is 18.0 Å². The normalized spacial score (nSPS) is 12.5. The molecule has 46 heavy (non-hydrogen) atoms. The van der Waals surface area contributed by atoms with E-state index in [2.05, 4.69) is 5.32 Å². The zero-order valence-electron chi connectivity index (χ0n) is 25.9. The zero-order valence-corrected chi connectivity index (χ0v) is 28.2. The summed E-state index contributed by atoms with van der Waals surface area (Å²) < 4.78 is 34.6. The van der Waals surface area contributed by atoms with E-state index in [4.69, 9.17) is 27.9 Å². The van der Waals surface area contributed by atoms with Crippen LogP contribution in [0.3, 0.4) is 0 Å². The van der Waals surface area contributed by atoms with E-state index in [0.717, 1.165) is 9.87 Å². The number of hydrogen-bond acceptors (Lipinski definition) is 5. The Hall–Kier alpha value is -4.05. The highest BCUT2D eigenvalue weighted by Crippen LogP contribution is 2.29. The van der Waals surface area contributed by atoms with Crippen molar-refractivity contribution in [2.24, 2.45) is 0 Å². The van der Waals surface area contributed by atoms with Crippen LogP contribution in [0.15, 0.2) is 108 Å². The second-order valence-corrected chi connectivity index (χ2v) is 13.5. The van der Waals surface area contributed by atoms with E-state index in [0.29, 0.717) is 27.8 Å². The molecule has 2 unspecified atom stereocenters. The summed E-state index contributed by atoms with van der Waals surface area (Å²) >= 11 is 12.7. The number of methoxy groups -OCH3 is 1.